The van der Waals surface area contributed by atoms with Crippen LogP contribution in [0.1, 0.15) is 41.9 Å². The summed E-state index contributed by atoms with van der Waals surface area (Å²) in [6, 6.07) is -0.0170. The largest absolute Gasteiger partial charge is 0.351 e. The number of rotatable bonds is 5. The molecule has 0 unspecified atom stereocenters. The van der Waals surface area contributed by atoms with Crippen LogP contribution in [0.15, 0.2) is 6.33 Å². The lowest BCUT2D eigenvalue weighted by Gasteiger charge is -2.33. The van der Waals surface area contributed by atoms with E-state index in [0.717, 1.165) is 19.3 Å². The van der Waals surface area contributed by atoms with Gasteiger partial charge in [0, 0.05) is 26.2 Å². The number of carbonyl (C=O) groups is 1. The SMILES string of the molecule is Cc1ncn(C)c1C(=O)NCC[C@H]1CCCCN1S(C)(=O)=O. The maximum atomic E-state index is 12.2. The van der Waals surface area contributed by atoms with Crippen molar-refractivity contribution in [1.82, 2.24) is 19.2 Å². The molecular weight excluding hydrogens is 304 g/mol. The van der Waals surface area contributed by atoms with E-state index in [1.54, 1.807) is 29.2 Å². The summed E-state index contributed by atoms with van der Waals surface area (Å²) in [5.41, 5.74) is 1.24. The van der Waals surface area contributed by atoms with Crippen molar-refractivity contribution in [3.63, 3.8) is 0 Å². The highest BCUT2D eigenvalue weighted by Crippen LogP contribution is 2.21. The molecule has 1 aliphatic rings. The molecule has 0 aromatic carbocycles. The van der Waals surface area contributed by atoms with Gasteiger partial charge < -0.3 is 9.88 Å². The van der Waals surface area contributed by atoms with Crippen LogP contribution in [-0.4, -0.2) is 53.6 Å². The predicted molar refractivity (Wildman–Crippen MR) is 84.1 cm³/mol. The fourth-order valence-electron chi connectivity index (χ4n) is 3.01. The molecule has 22 heavy (non-hydrogen) atoms. The number of amides is 1. The minimum absolute atomic E-state index is 0.0170. The lowest BCUT2D eigenvalue weighted by Crippen LogP contribution is -2.44. The summed E-state index contributed by atoms with van der Waals surface area (Å²) in [6.45, 7) is 2.83. The van der Waals surface area contributed by atoms with E-state index in [-0.39, 0.29) is 11.9 Å². The molecule has 0 spiro atoms. The zero-order valence-electron chi connectivity index (χ0n) is 13.4. The normalized spacial score (nSPS) is 20.0. The van der Waals surface area contributed by atoms with E-state index in [1.807, 2.05) is 0 Å². The molecule has 0 aliphatic carbocycles. The molecule has 1 aromatic rings. The molecule has 1 aliphatic heterocycles. The first-order chi connectivity index (χ1) is 10.3. The molecule has 0 saturated carbocycles. The minimum Gasteiger partial charge on any atom is -0.351 e. The molecule has 1 atom stereocenters. The maximum absolute atomic E-state index is 12.2. The zero-order valence-corrected chi connectivity index (χ0v) is 14.2. The third kappa shape index (κ3) is 3.86. The number of aromatic nitrogens is 2. The van der Waals surface area contributed by atoms with Crippen LogP contribution in [0.4, 0.5) is 0 Å². The Kier molecular flexibility index (Phi) is 5.23. The third-order valence-corrected chi connectivity index (χ3v) is 5.43. The smallest absolute Gasteiger partial charge is 0.269 e. The molecule has 1 aromatic heterocycles. The van der Waals surface area contributed by atoms with Gasteiger partial charge in [0.05, 0.1) is 18.3 Å². The average Bonchev–Trinajstić information content (AvgIpc) is 2.77. The quantitative estimate of drug-likeness (QED) is 0.861. The molecule has 124 valence electrons. The number of nitrogens with one attached hydrogen (secondary N) is 1. The standard InChI is InChI=1S/C14H24N4O3S/c1-11-13(17(2)10-16-11)14(19)15-8-7-12-6-4-5-9-18(12)22(3,20)21/h10,12H,4-9H2,1-3H3,(H,15,19)/t12-/m1/s1. The van der Waals surface area contributed by atoms with Crippen LogP contribution in [0.2, 0.25) is 0 Å². The molecule has 2 heterocycles. The van der Waals surface area contributed by atoms with Crippen LogP contribution in [-0.2, 0) is 17.1 Å². The molecule has 7 nitrogen and oxygen atoms in total. The number of aryl methyl sites for hydroxylation is 2. The van der Waals surface area contributed by atoms with Crippen molar-refractivity contribution >= 4 is 15.9 Å². The monoisotopic (exact) mass is 328 g/mol. The average molecular weight is 328 g/mol. The van der Waals surface area contributed by atoms with Gasteiger partial charge in [-0.1, -0.05) is 6.42 Å². The molecular formula is C14H24N4O3S. The Hall–Kier alpha value is -1.41. The van der Waals surface area contributed by atoms with Crippen molar-refractivity contribution in [2.24, 2.45) is 7.05 Å². The number of sulfonamides is 1. The van der Waals surface area contributed by atoms with E-state index in [2.05, 4.69) is 10.3 Å². The molecule has 1 saturated heterocycles. The van der Waals surface area contributed by atoms with Gasteiger partial charge in [0.25, 0.3) is 5.91 Å². The summed E-state index contributed by atoms with van der Waals surface area (Å²) in [6.07, 6.45) is 6.29. The summed E-state index contributed by atoms with van der Waals surface area (Å²) in [7, 11) is -1.40. The summed E-state index contributed by atoms with van der Waals surface area (Å²) in [5, 5.41) is 2.86. The van der Waals surface area contributed by atoms with Crippen LogP contribution in [0, 0.1) is 6.92 Å². The fraction of sp³-hybridized carbons (Fsp3) is 0.714. The van der Waals surface area contributed by atoms with Crippen molar-refractivity contribution in [2.45, 2.75) is 38.6 Å². The van der Waals surface area contributed by atoms with E-state index in [4.69, 9.17) is 0 Å². The van der Waals surface area contributed by atoms with Gasteiger partial charge in [-0.2, -0.15) is 4.31 Å². The van der Waals surface area contributed by atoms with Gasteiger partial charge in [0.1, 0.15) is 5.69 Å². The Labute approximate surface area is 131 Å². The Morgan fingerprint density at radius 2 is 2.18 bits per heavy atom. The highest BCUT2D eigenvalue weighted by atomic mass is 32.2. The zero-order chi connectivity index (χ0) is 16.3. The van der Waals surface area contributed by atoms with Gasteiger partial charge in [-0.3, -0.25) is 4.79 Å². The van der Waals surface area contributed by atoms with Gasteiger partial charge in [0.2, 0.25) is 10.0 Å². The Balaban J connectivity index is 1.91. The van der Waals surface area contributed by atoms with Crippen LogP contribution in [0.5, 0.6) is 0 Å². The summed E-state index contributed by atoms with van der Waals surface area (Å²) >= 11 is 0. The van der Waals surface area contributed by atoms with Gasteiger partial charge in [0.15, 0.2) is 0 Å². The highest BCUT2D eigenvalue weighted by Gasteiger charge is 2.29. The van der Waals surface area contributed by atoms with Crippen molar-refractivity contribution < 1.29 is 13.2 Å². The van der Waals surface area contributed by atoms with E-state index in [0.29, 0.717) is 30.9 Å². The van der Waals surface area contributed by atoms with Crippen molar-refractivity contribution in [3.8, 4) is 0 Å². The molecule has 1 amide bonds. The van der Waals surface area contributed by atoms with Crippen LogP contribution in [0.25, 0.3) is 0 Å². The first kappa shape index (κ1) is 17.0. The second-order valence-electron chi connectivity index (χ2n) is 5.86. The van der Waals surface area contributed by atoms with Gasteiger partial charge in [-0.05, 0) is 26.2 Å². The third-order valence-electron chi connectivity index (χ3n) is 4.10. The first-order valence-electron chi connectivity index (χ1n) is 7.53. The van der Waals surface area contributed by atoms with E-state index < -0.39 is 10.0 Å². The lowest BCUT2D eigenvalue weighted by molar-refractivity contribution is 0.0940. The lowest BCUT2D eigenvalue weighted by atomic mass is 10.0. The Morgan fingerprint density at radius 1 is 1.45 bits per heavy atom. The molecule has 0 bridgehead atoms. The second kappa shape index (κ2) is 6.78. The number of hydrogen-bond acceptors (Lipinski definition) is 4. The Bertz CT molecular complexity index is 619. The van der Waals surface area contributed by atoms with Gasteiger partial charge in [-0.15, -0.1) is 0 Å². The molecule has 2 rings (SSSR count). The number of hydrogen-bond donors (Lipinski definition) is 1. The number of imidazole rings is 1. The fourth-order valence-corrected chi connectivity index (χ4v) is 4.22. The number of carbonyl (C=O) groups excluding carboxylic acids is 1. The van der Waals surface area contributed by atoms with Gasteiger partial charge >= 0.3 is 0 Å². The van der Waals surface area contributed by atoms with E-state index in [9.17, 15) is 13.2 Å². The number of nitrogens with zero attached hydrogens (tertiary/aromatic N) is 3. The van der Waals surface area contributed by atoms with Crippen molar-refractivity contribution in [1.29, 1.82) is 0 Å². The Morgan fingerprint density at radius 3 is 2.77 bits per heavy atom. The number of piperidine rings is 1. The van der Waals surface area contributed by atoms with Crippen LogP contribution >= 0.6 is 0 Å². The minimum atomic E-state index is -3.18. The molecule has 8 heteroatoms. The van der Waals surface area contributed by atoms with E-state index in [1.165, 1.54) is 6.26 Å². The van der Waals surface area contributed by atoms with Crippen molar-refractivity contribution in [3.05, 3.63) is 17.7 Å². The van der Waals surface area contributed by atoms with Crippen LogP contribution in [0.3, 0.4) is 0 Å². The predicted octanol–water partition coefficient (Wildman–Crippen LogP) is 0.663. The van der Waals surface area contributed by atoms with Crippen LogP contribution < -0.4 is 5.32 Å². The molecule has 1 N–H and O–H groups in total. The summed E-state index contributed by atoms with van der Waals surface area (Å²) in [4.78, 5) is 16.3. The topological polar surface area (TPSA) is 84.3 Å². The molecule has 1 fully saturated rings. The van der Waals surface area contributed by atoms with E-state index >= 15 is 0 Å². The second-order valence-corrected chi connectivity index (χ2v) is 7.79. The molecule has 0 radical (unpaired) electrons. The first-order valence-corrected chi connectivity index (χ1v) is 9.38. The summed E-state index contributed by atoms with van der Waals surface area (Å²) in [5.74, 6) is -0.167. The van der Waals surface area contributed by atoms with Crippen molar-refractivity contribution in [2.75, 3.05) is 19.3 Å². The maximum Gasteiger partial charge on any atom is 0.269 e. The summed E-state index contributed by atoms with van der Waals surface area (Å²) < 4.78 is 26.8. The highest BCUT2D eigenvalue weighted by molar-refractivity contribution is 7.88. The van der Waals surface area contributed by atoms with Gasteiger partial charge in [-0.25, -0.2) is 13.4 Å².